The SMILES string of the molecule is Cn1c(=O)oc2ccc(C(C)(C)CNCS)cc21. The van der Waals surface area contributed by atoms with E-state index in [4.69, 9.17) is 4.42 Å². The second-order valence-corrected chi connectivity index (χ2v) is 5.39. The molecule has 0 aliphatic rings. The predicted molar refractivity (Wildman–Crippen MR) is 76.3 cm³/mol. The van der Waals surface area contributed by atoms with E-state index in [1.54, 1.807) is 7.05 Å². The molecule has 98 valence electrons. The Morgan fingerprint density at radius 3 is 2.83 bits per heavy atom. The summed E-state index contributed by atoms with van der Waals surface area (Å²) in [5.74, 6) is 0.323. The minimum Gasteiger partial charge on any atom is -0.408 e. The number of aromatic nitrogens is 1. The monoisotopic (exact) mass is 266 g/mol. The molecule has 0 atom stereocenters. The first-order valence-electron chi connectivity index (χ1n) is 5.87. The molecule has 0 unspecified atom stereocenters. The van der Waals surface area contributed by atoms with Crippen LogP contribution in [0.2, 0.25) is 0 Å². The molecule has 0 spiro atoms. The molecule has 0 fully saturated rings. The summed E-state index contributed by atoms with van der Waals surface area (Å²) in [6, 6.07) is 5.88. The van der Waals surface area contributed by atoms with Crippen LogP contribution in [-0.4, -0.2) is 17.0 Å². The summed E-state index contributed by atoms with van der Waals surface area (Å²) in [6.45, 7) is 5.14. The number of nitrogens with zero attached hydrogens (tertiary/aromatic N) is 1. The Labute approximate surface area is 111 Å². The number of oxazole rings is 1. The first-order valence-corrected chi connectivity index (χ1v) is 6.50. The highest BCUT2D eigenvalue weighted by Crippen LogP contribution is 2.25. The molecule has 1 aromatic heterocycles. The summed E-state index contributed by atoms with van der Waals surface area (Å²) in [5.41, 5.74) is 2.60. The molecule has 18 heavy (non-hydrogen) atoms. The van der Waals surface area contributed by atoms with Gasteiger partial charge in [-0.2, -0.15) is 12.6 Å². The molecular weight excluding hydrogens is 248 g/mol. The summed E-state index contributed by atoms with van der Waals surface area (Å²) in [5, 5.41) is 3.23. The minimum atomic E-state index is -0.326. The van der Waals surface area contributed by atoms with Gasteiger partial charge in [-0.3, -0.25) is 4.57 Å². The van der Waals surface area contributed by atoms with Crippen LogP contribution in [0.1, 0.15) is 19.4 Å². The average Bonchev–Trinajstić information content (AvgIpc) is 2.62. The number of rotatable bonds is 4. The molecule has 2 aromatic rings. The van der Waals surface area contributed by atoms with Crippen molar-refractivity contribution in [3.05, 3.63) is 34.3 Å². The van der Waals surface area contributed by atoms with Crippen molar-refractivity contribution in [1.29, 1.82) is 0 Å². The maximum Gasteiger partial charge on any atom is 0.419 e. The van der Waals surface area contributed by atoms with Crippen molar-refractivity contribution in [2.24, 2.45) is 7.05 Å². The molecule has 0 bridgehead atoms. The van der Waals surface area contributed by atoms with Crippen LogP contribution in [0, 0.1) is 0 Å². The summed E-state index contributed by atoms with van der Waals surface area (Å²) in [4.78, 5) is 11.4. The Hall–Kier alpha value is -1.20. The smallest absolute Gasteiger partial charge is 0.408 e. The average molecular weight is 266 g/mol. The van der Waals surface area contributed by atoms with E-state index in [9.17, 15) is 4.79 Å². The molecule has 5 heteroatoms. The highest BCUT2D eigenvalue weighted by Gasteiger charge is 2.21. The van der Waals surface area contributed by atoms with E-state index in [2.05, 4.69) is 31.8 Å². The second-order valence-electron chi connectivity index (χ2n) is 5.08. The van der Waals surface area contributed by atoms with E-state index in [1.807, 2.05) is 18.2 Å². The summed E-state index contributed by atoms with van der Waals surface area (Å²) in [7, 11) is 1.72. The van der Waals surface area contributed by atoms with Gasteiger partial charge in [-0.25, -0.2) is 4.79 Å². The zero-order valence-electron chi connectivity index (χ0n) is 10.9. The van der Waals surface area contributed by atoms with Gasteiger partial charge in [-0.05, 0) is 17.7 Å². The molecule has 1 aromatic carbocycles. The lowest BCUT2D eigenvalue weighted by molar-refractivity contribution is 0.490. The third-order valence-corrected chi connectivity index (χ3v) is 3.48. The van der Waals surface area contributed by atoms with Crippen molar-refractivity contribution < 1.29 is 4.42 Å². The van der Waals surface area contributed by atoms with E-state index in [-0.39, 0.29) is 11.2 Å². The number of nitrogens with one attached hydrogen (secondary N) is 1. The van der Waals surface area contributed by atoms with E-state index in [1.165, 1.54) is 10.1 Å². The van der Waals surface area contributed by atoms with Crippen molar-refractivity contribution in [2.45, 2.75) is 19.3 Å². The molecule has 0 aliphatic heterocycles. The van der Waals surface area contributed by atoms with Crippen LogP contribution in [0.15, 0.2) is 27.4 Å². The van der Waals surface area contributed by atoms with E-state index in [0.29, 0.717) is 11.5 Å². The Morgan fingerprint density at radius 2 is 2.17 bits per heavy atom. The van der Waals surface area contributed by atoms with Gasteiger partial charge in [0.15, 0.2) is 5.58 Å². The van der Waals surface area contributed by atoms with Gasteiger partial charge in [0.25, 0.3) is 0 Å². The van der Waals surface area contributed by atoms with Crippen LogP contribution >= 0.6 is 12.6 Å². The van der Waals surface area contributed by atoms with E-state index >= 15 is 0 Å². The molecule has 0 aliphatic carbocycles. The lowest BCUT2D eigenvalue weighted by atomic mass is 9.84. The second kappa shape index (κ2) is 4.82. The first kappa shape index (κ1) is 13.2. The molecule has 1 N–H and O–H groups in total. The molecule has 2 rings (SSSR count). The van der Waals surface area contributed by atoms with Gasteiger partial charge in [-0.1, -0.05) is 19.9 Å². The quantitative estimate of drug-likeness (QED) is 0.656. The van der Waals surface area contributed by atoms with Crippen molar-refractivity contribution in [3.63, 3.8) is 0 Å². The lowest BCUT2D eigenvalue weighted by Gasteiger charge is -2.25. The summed E-state index contributed by atoms with van der Waals surface area (Å²) < 4.78 is 6.66. The largest absolute Gasteiger partial charge is 0.419 e. The minimum absolute atomic E-state index is 0.0236. The number of hydrogen-bond donors (Lipinski definition) is 2. The number of aryl methyl sites for hydroxylation is 1. The number of fused-ring (bicyclic) bond motifs is 1. The normalized spacial score (nSPS) is 12.2. The molecule has 0 saturated carbocycles. The fourth-order valence-electron chi connectivity index (χ4n) is 2.02. The summed E-state index contributed by atoms with van der Waals surface area (Å²) >= 11 is 4.15. The molecule has 0 amide bonds. The van der Waals surface area contributed by atoms with Crippen LogP contribution in [0.5, 0.6) is 0 Å². The van der Waals surface area contributed by atoms with Crippen molar-refractivity contribution in [3.8, 4) is 0 Å². The zero-order chi connectivity index (χ0) is 13.3. The fraction of sp³-hybridized carbons (Fsp3) is 0.462. The molecular formula is C13H18N2O2S. The van der Waals surface area contributed by atoms with Crippen LogP contribution in [0.4, 0.5) is 0 Å². The maximum absolute atomic E-state index is 11.4. The Bertz CT molecular complexity index is 613. The third kappa shape index (κ3) is 2.33. The standard InChI is InChI=1S/C13H18N2O2S/c1-13(2,7-14-8-18)9-4-5-11-10(6-9)15(3)12(16)17-11/h4-6,14,18H,7-8H2,1-3H3. The van der Waals surface area contributed by atoms with Gasteiger partial charge in [0.2, 0.25) is 0 Å². The molecule has 1 heterocycles. The number of hydrogen-bond acceptors (Lipinski definition) is 4. The maximum atomic E-state index is 11.4. The Balaban J connectivity index is 2.46. The summed E-state index contributed by atoms with van der Waals surface area (Å²) in [6.07, 6.45) is 0. The highest BCUT2D eigenvalue weighted by atomic mass is 32.1. The Morgan fingerprint density at radius 1 is 1.44 bits per heavy atom. The Kier molecular flexibility index (Phi) is 3.54. The molecule has 0 saturated heterocycles. The highest BCUT2D eigenvalue weighted by molar-refractivity contribution is 7.80. The van der Waals surface area contributed by atoms with E-state index in [0.717, 1.165) is 12.1 Å². The third-order valence-electron chi connectivity index (χ3n) is 3.25. The zero-order valence-corrected chi connectivity index (χ0v) is 11.8. The molecule has 4 nitrogen and oxygen atoms in total. The van der Waals surface area contributed by atoms with Gasteiger partial charge in [-0.15, -0.1) is 0 Å². The van der Waals surface area contributed by atoms with Crippen LogP contribution in [0.25, 0.3) is 11.1 Å². The van der Waals surface area contributed by atoms with Crippen LogP contribution < -0.4 is 11.1 Å². The van der Waals surface area contributed by atoms with E-state index < -0.39 is 0 Å². The molecule has 0 radical (unpaired) electrons. The van der Waals surface area contributed by atoms with Crippen molar-refractivity contribution in [2.75, 3.05) is 12.4 Å². The van der Waals surface area contributed by atoms with Gasteiger partial charge >= 0.3 is 5.76 Å². The number of thiol groups is 1. The number of benzene rings is 1. The first-order chi connectivity index (χ1) is 8.45. The van der Waals surface area contributed by atoms with Gasteiger partial charge < -0.3 is 9.73 Å². The van der Waals surface area contributed by atoms with Gasteiger partial charge in [0.1, 0.15) is 0 Å². The lowest BCUT2D eigenvalue weighted by Crippen LogP contribution is -2.32. The van der Waals surface area contributed by atoms with Crippen molar-refractivity contribution >= 4 is 23.7 Å². The van der Waals surface area contributed by atoms with Crippen LogP contribution in [0.3, 0.4) is 0 Å². The topological polar surface area (TPSA) is 47.2 Å². The van der Waals surface area contributed by atoms with Crippen molar-refractivity contribution in [1.82, 2.24) is 9.88 Å². The fourth-order valence-corrected chi connectivity index (χ4v) is 2.13. The predicted octanol–water partition coefficient (Wildman–Crippen LogP) is 1.89. The van der Waals surface area contributed by atoms with Crippen LogP contribution in [-0.2, 0) is 12.5 Å². The van der Waals surface area contributed by atoms with Gasteiger partial charge in [0, 0.05) is 24.9 Å². The van der Waals surface area contributed by atoms with Gasteiger partial charge in [0.05, 0.1) is 5.52 Å².